The van der Waals surface area contributed by atoms with E-state index < -0.39 is 5.97 Å². The number of anilines is 1. The number of hydrogen-bond donors (Lipinski definition) is 1. The summed E-state index contributed by atoms with van der Waals surface area (Å²) >= 11 is 5.80. The van der Waals surface area contributed by atoms with Crippen LogP contribution in [0.2, 0.25) is 5.02 Å². The first-order chi connectivity index (χ1) is 8.59. The molecule has 0 bridgehead atoms. The van der Waals surface area contributed by atoms with Crippen molar-refractivity contribution in [3.8, 4) is 0 Å². The summed E-state index contributed by atoms with van der Waals surface area (Å²) in [6.07, 6.45) is 3.23. The molecular formula is C13H14ClNO3. The Kier molecular flexibility index (Phi) is 3.87. The molecule has 1 aliphatic heterocycles. The Morgan fingerprint density at radius 2 is 2.06 bits per heavy atom. The van der Waals surface area contributed by atoms with Crippen LogP contribution in [0.25, 0.3) is 0 Å². The monoisotopic (exact) mass is 267 g/mol. The van der Waals surface area contributed by atoms with Gasteiger partial charge in [0.15, 0.2) is 0 Å². The molecule has 4 nitrogen and oxygen atoms in total. The fourth-order valence-corrected chi connectivity index (χ4v) is 2.32. The van der Waals surface area contributed by atoms with Gasteiger partial charge in [0.2, 0.25) is 5.91 Å². The molecule has 0 spiro atoms. The molecule has 96 valence electrons. The topological polar surface area (TPSA) is 57.6 Å². The quantitative estimate of drug-likeness (QED) is 0.896. The summed E-state index contributed by atoms with van der Waals surface area (Å²) in [7, 11) is 0. The van der Waals surface area contributed by atoms with Gasteiger partial charge in [-0.1, -0.05) is 18.0 Å². The van der Waals surface area contributed by atoms with Crippen molar-refractivity contribution in [2.24, 2.45) is 0 Å². The predicted octanol–water partition coefficient (Wildman–Crippen LogP) is 2.95. The lowest BCUT2D eigenvalue weighted by molar-refractivity contribution is -0.118. The molecule has 0 radical (unpaired) electrons. The fourth-order valence-electron chi connectivity index (χ4n) is 2.15. The van der Waals surface area contributed by atoms with Crippen molar-refractivity contribution in [1.29, 1.82) is 0 Å². The Balaban J connectivity index is 2.42. The zero-order chi connectivity index (χ0) is 13.1. The number of halogens is 1. The Morgan fingerprint density at radius 3 is 2.78 bits per heavy atom. The lowest BCUT2D eigenvalue weighted by atomic mass is 10.1. The molecule has 1 saturated heterocycles. The largest absolute Gasteiger partial charge is 0.478 e. The van der Waals surface area contributed by atoms with Crippen LogP contribution in [-0.2, 0) is 4.79 Å². The van der Waals surface area contributed by atoms with Gasteiger partial charge in [0.1, 0.15) is 0 Å². The molecule has 1 aliphatic rings. The Bertz CT molecular complexity index is 487. The second kappa shape index (κ2) is 5.40. The number of carbonyl (C=O) groups excluding carboxylic acids is 1. The van der Waals surface area contributed by atoms with Crippen LogP contribution < -0.4 is 4.90 Å². The molecule has 1 fully saturated rings. The van der Waals surface area contributed by atoms with E-state index in [-0.39, 0.29) is 11.5 Å². The first-order valence-electron chi connectivity index (χ1n) is 5.93. The summed E-state index contributed by atoms with van der Waals surface area (Å²) in [6.45, 7) is 0.570. The second-order valence-electron chi connectivity index (χ2n) is 4.32. The SMILES string of the molecule is O=C(O)c1cc(Cl)ccc1N1CCCCCC1=O. The van der Waals surface area contributed by atoms with E-state index in [0.29, 0.717) is 23.7 Å². The number of benzene rings is 1. The van der Waals surface area contributed by atoms with Crippen LogP contribution in [0.3, 0.4) is 0 Å². The van der Waals surface area contributed by atoms with Crippen molar-refractivity contribution in [3.05, 3.63) is 28.8 Å². The average molecular weight is 268 g/mol. The third kappa shape index (κ3) is 2.64. The van der Waals surface area contributed by atoms with Gasteiger partial charge in [-0.25, -0.2) is 4.79 Å². The van der Waals surface area contributed by atoms with Gasteiger partial charge in [-0.3, -0.25) is 4.79 Å². The third-order valence-electron chi connectivity index (χ3n) is 3.05. The molecule has 0 saturated carbocycles. The lowest BCUT2D eigenvalue weighted by Gasteiger charge is -2.22. The molecular weight excluding hydrogens is 254 g/mol. The van der Waals surface area contributed by atoms with E-state index in [2.05, 4.69) is 0 Å². The van der Waals surface area contributed by atoms with Gasteiger partial charge in [-0.15, -0.1) is 0 Å². The highest BCUT2D eigenvalue weighted by atomic mass is 35.5. The van der Waals surface area contributed by atoms with E-state index in [9.17, 15) is 14.7 Å². The third-order valence-corrected chi connectivity index (χ3v) is 3.29. The predicted molar refractivity (Wildman–Crippen MR) is 69.2 cm³/mol. The van der Waals surface area contributed by atoms with Gasteiger partial charge < -0.3 is 10.0 Å². The first-order valence-corrected chi connectivity index (χ1v) is 6.30. The summed E-state index contributed by atoms with van der Waals surface area (Å²) in [5.74, 6) is -1.08. The van der Waals surface area contributed by atoms with Gasteiger partial charge in [0, 0.05) is 18.0 Å². The Morgan fingerprint density at radius 1 is 1.28 bits per heavy atom. The van der Waals surface area contributed by atoms with Crippen LogP contribution in [0.5, 0.6) is 0 Å². The number of nitrogens with zero attached hydrogens (tertiary/aromatic N) is 1. The minimum atomic E-state index is -1.07. The Hall–Kier alpha value is -1.55. The van der Waals surface area contributed by atoms with Crippen molar-refractivity contribution in [3.63, 3.8) is 0 Å². The maximum Gasteiger partial charge on any atom is 0.337 e. The summed E-state index contributed by atoms with van der Waals surface area (Å²) < 4.78 is 0. The molecule has 1 aromatic carbocycles. The van der Waals surface area contributed by atoms with E-state index in [1.165, 1.54) is 6.07 Å². The standard InChI is InChI=1S/C13H14ClNO3/c14-9-5-6-11(10(8-9)13(17)18)15-7-3-1-2-4-12(15)16/h5-6,8H,1-4,7H2,(H,17,18). The van der Waals surface area contributed by atoms with Crippen LogP contribution in [0.4, 0.5) is 5.69 Å². The molecule has 1 N–H and O–H groups in total. The summed E-state index contributed by atoms with van der Waals surface area (Å²) in [4.78, 5) is 24.7. The van der Waals surface area contributed by atoms with Crippen molar-refractivity contribution in [1.82, 2.24) is 0 Å². The number of aromatic carboxylic acids is 1. The van der Waals surface area contributed by atoms with E-state index in [1.54, 1.807) is 17.0 Å². The number of amides is 1. The maximum absolute atomic E-state index is 12.0. The summed E-state index contributed by atoms with van der Waals surface area (Å²) in [5, 5.41) is 9.54. The average Bonchev–Trinajstić information content (AvgIpc) is 2.54. The molecule has 0 aromatic heterocycles. The van der Waals surface area contributed by atoms with Gasteiger partial charge >= 0.3 is 5.97 Å². The first kappa shape index (κ1) is 12.9. The zero-order valence-corrected chi connectivity index (χ0v) is 10.6. The van der Waals surface area contributed by atoms with Crippen molar-refractivity contribution in [2.75, 3.05) is 11.4 Å². The molecule has 2 rings (SSSR count). The van der Waals surface area contributed by atoms with E-state index in [4.69, 9.17) is 11.6 Å². The van der Waals surface area contributed by atoms with Gasteiger partial charge in [0.25, 0.3) is 0 Å². The van der Waals surface area contributed by atoms with E-state index in [1.807, 2.05) is 0 Å². The van der Waals surface area contributed by atoms with Crippen LogP contribution >= 0.6 is 11.6 Å². The molecule has 18 heavy (non-hydrogen) atoms. The van der Waals surface area contributed by atoms with Crippen LogP contribution in [0.15, 0.2) is 18.2 Å². The number of hydrogen-bond acceptors (Lipinski definition) is 2. The van der Waals surface area contributed by atoms with Crippen LogP contribution in [0, 0.1) is 0 Å². The van der Waals surface area contributed by atoms with Crippen LogP contribution in [0.1, 0.15) is 36.0 Å². The highest BCUT2D eigenvalue weighted by Crippen LogP contribution is 2.27. The highest BCUT2D eigenvalue weighted by Gasteiger charge is 2.23. The maximum atomic E-state index is 12.0. The Labute approximate surface area is 110 Å². The smallest absolute Gasteiger partial charge is 0.337 e. The second-order valence-corrected chi connectivity index (χ2v) is 4.76. The normalized spacial score (nSPS) is 16.5. The van der Waals surface area contributed by atoms with Gasteiger partial charge in [-0.05, 0) is 31.0 Å². The molecule has 0 unspecified atom stereocenters. The molecule has 5 heteroatoms. The summed E-state index contributed by atoms with van der Waals surface area (Å²) in [5.41, 5.74) is 0.525. The molecule has 1 amide bonds. The van der Waals surface area contributed by atoms with E-state index in [0.717, 1.165) is 19.3 Å². The van der Waals surface area contributed by atoms with E-state index >= 15 is 0 Å². The molecule has 1 heterocycles. The van der Waals surface area contributed by atoms with Crippen molar-refractivity contribution >= 4 is 29.2 Å². The molecule has 0 aliphatic carbocycles. The minimum absolute atomic E-state index is 0.0164. The number of carboxylic acid groups (broad SMARTS) is 1. The van der Waals surface area contributed by atoms with Crippen molar-refractivity contribution < 1.29 is 14.7 Å². The van der Waals surface area contributed by atoms with Crippen molar-refractivity contribution in [2.45, 2.75) is 25.7 Å². The summed E-state index contributed by atoms with van der Waals surface area (Å²) in [6, 6.07) is 4.61. The van der Waals surface area contributed by atoms with Gasteiger partial charge in [0.05, 0.1) is 11.3 Å². The fraction of sp³-hybridized carbons (Fsp3) is 0.385. The number of carboxylic acids is 1. The molecule has 0 atom stereocenters. The highest BCUT2D eigenvalue weighted by molar-refractivity contribution is 6.31. The minimum Gasteiger partial charge on any atom is -0.478 e. The molecule has 1 aromatic rings. The lowest BCUT2D eigenvalue weighted by Crippen LogP contribution is -2.31. The number of carbonyl (C=O) groups is 2. The van der Waals surface area contributed by atoms with Gasteiger partial charge in [-0.2, -0.15) is 0 Å². The number of rotatable bonds is 2. The van der Waals surface area contributed by atoms with Crippen LogP contribution in [-0.4, -0.2) is 23.5 Å². The zero-order valence-electron chi connectivity index (χ0n) is 9.86.